The van der Waals surface area contributed by atoms with Gasteiger partial charge in [0.2, 0.25) is 0 Å². The summed E-state index contributed by atoms with van der Waals surface area (Å²) in [7, 11) is 2.11. The molecule has 0 unspecified atom stereocenters. The molecule has 3 nitrogen and oxygen atoms in total. The van der Waals surface area contributed by atoms with E-state index in [4.69, 9.17) is 10.5 Å². The van der Waals surface area contributed by atoms with Crippen LogP contribution in [-0.2, 0) is 0 Å². The van der Waals surface area contributed by atoms with E-state index >= 15 is 0 Å². The molecular weight excluding hydrogens is 188 g/mol. The molecular formula is C12H18N2O. The van der Waals surface area contributed by atoms with Gasteiger partial charge in [0.25, 0.3) is 0 Å². The van der Waals surface area contributed by atoms with Gasteiger partial charge in [-0.15, -0.1) is 0 Å². The predicted molar refractivity (Wildman–Crippen MR) is 62.1 cm³/mol. The standard InChI is InChI=1S/C12H18N2O/c1-9-3-4-12(11(13)7-9)15-10-5-6-14(2)8-10/h3-4,7,10H,5-6,8,13H2,1-2H3/t10-/m0/s1. The van der Waals surface area contributed by atoms with Crippen LogP contribution in [0.15, 0.2) is 18.2 Å². The maximum atomic E-state index is 5.90. The average molecular weight is 206 g/mol. The van der Waals surface area contributed by atoms with Gasteiger partial charge in [-0.25, -0.2) is 0 Å². The van der Waals surface area contributed by atoms with Gasteiger partial charge in [-0.1, -0.05) is 6.07 Å². The van der Waals surface area contributed by atoms with E-state index in [1.54, 1.807) is 0 Å². The minimum Gasteiger partial charge on any atom is -0.487 e. The van der Waals surface area contributed by atoms with Crippen LogP contribution in [0.1, 0.15) is 12.0 Å². The number of likely N-dealkylation sites (tertiary alicyclic amines) is 1. The van der Waals surface area contributed by atoms with Crippen molar-refractivity contribution in [1.82, 2.24) is 4.90 Å². The molecule has 0 amide bonds. The van der Waals surface area contributed by atoms with Crippen LogP contribution >= 0.6 is 0 Å². The molecule has 0 aliphatic carbocycles. The lowest BCUT2D eigenvalue weighted by Crippen LogP contribution is -2.21. The van der Waals surface area contributed by atoms with Gasteiger partial charge < -0.3 is 15.4 Å². The Morgan fingerprint density at radius 2 is 2.27 bits per heavy atom. The van der Waals surface area contributed by atoms with E-state index in [0.717, 1.165) is 30.9 Å². The van der Waals surface area contributed by atoms with Crippen LogP contribution in [0.4, 0.5) is 5.69 Å². The third-order valence-corrected chi connectivity index (χ3v) is 2.81. The smallest absolute Gasteiger partial charge is 0.142 e. The summed E-state index contributed by atoms with van der Waals surface area (Å²) in [6.07, 6.45) is 1.38. The fourth-order valence-electron chi connectivity index (χ4n) is 1.95. The van der Waals surface area contributed by atoms with Gasteiger partial charge in [-0.2, -0.15) is 0 Å². The minimum atomic E-state index is 0.292. The molecule has 1 aromatic carbocycles. The summed E-state index contributed by atoms with van der Waals surface area (Å²) in [6, 6.07) is 5.95. The predicted octanol–water partition coefficient (Wildman–Crippen LogP) is 1.66. The molecule has 2 N–H and O–H groups in total. The Labute approximate surface area is 90.8 Å². The van der Waals surface area contributed by atoms with Crippen LogP contribution in [0.5, 0.6) is 5.75 Å². The zero-order chi connectivity index (χ0) is 10.8. The summed E-state index contributed by atoms with van der Waals surface area (Å²) in [5, 5.41) is 0. The molecule has 1 aliphatic rings. The molecule has 0 radical (unpaired) electrons. The van der Waals surface area contributed by atoms with Crippen molar-refractivity contribution in [2.75, 3.05) is 25.9 Å². The molecule has 1 atom stereocenters. The highest BCUT2D eigenvalue weighted by molar-refractivity contribution is 5.54. The van der Waals surface area contributed by atoms with Gasteiger partial charge in [-0.05, 0) is 38.1 Å². The number of anilines is 1. The van der Waals surface area contributed by atoms with Crippen LogP contribution in [0.3, 0.4) is 0 Å². The maximum absolute atomic E-state index is 5.90. The lowest BCUT2D eigenvalue weighted by Gasteiger charge is -2.15. The van der Waals surface area contributed by atoms with E-state index in [2.05, 4.69) is 11.9 Å². The van der Waals surface area contributed by atoms with Crippen molar-refractivity contribution in [3.63, 3.8) is 0 Å². The van der Waals surface area contributed by atoms with Gasteiger partial charge in [0.1, 0.15) is 11.9 Å². The van der Waals surface area contributed by atoms with Crippen molar-refractivity contribution < 1.29 is 4.74 Å². The summed E-state index contributed by atoms with van der Waals surface area (Å²) < 4.78 is 5.86. The second-order valence-electron chi connectivity index (χ2n) is 4.33. The molecule has 0 bridgehead atoms. The first-order valence-electron chi connectivity index (χ1n) is 5.36. The van der Waals surface area contributed by atoms with E-state index in [0.29, 0.717) is 6.10 Å². The second-order valence-corrected chi connectivity index (χ2v) is 4.33. The molecule has 0 saturated carbocycles. The SMILES string of the molecule is Cc1ccc(O[C@H]2CCN(C)C2)c(N)c1. The Morgan fingerprint density at radius 3 is 2.87 bits per heavy atom. The van der Waals surface area contributed by atoms with E-state index in [9.17, 15) is 0 Å². The van der Waals surface area contributed by atoms with Gasteiger partial charge in [0, 0.05) is 13.1 Å². The Hall–Kier alpha value is -1.22. The van der Waals surface area contributed by atoms with Gasteiger partial charge in [0.15, 0.2) is 0 Å². The Balaban J connectivity index is 2.04. The van der Waals surface area contributed by atoms with Crippen molar-refractivity contribution in [2.24, 2.45) is 0 Å². The molecule has 1 saturated heterocycles. The number of likely N-dealkylation sites (N-methyl/N-ethyl adjacent to an activating group) is 1. The zero-order valence-corrected chi connectivity index (χ0v) is 9.36. The number of nitrogen functional groups attached to an aromatic ring is 1. The molecule has 82 valence electrons. The summed E-state index contributed by atoms with van der Waals surface area (Å²) in [6.45, 7) is 4.13. The fraction of sp³-hybridized carbons (Fsp3) is 0.500. The molecule has 0 spiro atoms. The molecule has 0 aromatic heterocycles. The van der Waals surface area contributed by atoms with Gasteiger partial charge >= 0.3 is 0 Å². The number of rotatable bonds is 2. The topological polar surface area (TPSA) is 38.5 Å². The van der Waals surface area contributed by atoms with Crippen molar-refractivity contribution in [3.05, 3.63) is 23.8 Å². The maximum Gasteiger partial charge on any atom is 0.142 e. The summed E-state index contributed by atoms with van der Waals surface area (Å²) >= 11 is 0. The largest absolute Gasteiger partial charge is 0.487 e. The van der Waals surface area contributed by atoms with Gasteiger partial charge in [-0.3, -0.25) is 0 Å². The van der Waals surface area contributed by atoms with Crippen LogP contribution < -0.4 is 10.5 Å². The Morgan fingerprint density at radius 1 is 1.47 bits per heavy atom. The fourth-order valence-corrected chi connectivity index (χ4v) is 1.95. The first-order chi connectivity index (χ1) is 7.15. The third-order valence-electron chi connectivity index (χ3n) is 2.81. The number of hydrogen-bond donors (Lipinski definition) is 1. The third kappa shape index (κ3) is 2.42. The summed E-state index contributed by atoms with van der Waals surface area (Å²) in [5.41, 5.74) is 7.81. The second kappa shape index (κ2) is 4.11. The zero-order valence-electron chi connectivity index (χ0n) is 9.36. The Kier molecular flexibility index (Phi) is 2.82. The van der Waals surface area contributed by atoms with Crippen LogP contribution in [0, 0.1) is 6.92 Å². The lowest BCUT2D eigenvalue weighted by molar-refractivity contribution is 0.209. The monoisotopic (exact) mass is 206 g/mol. The minimum absolute atomic E-state index is 0.292. The number of aryl methyl sites for hydroxylation is 1. The molecule has 1 fully saturated rings. The highest BCUT2D eigenvalue weighted by Crippen LogP contribution is 2.25. The lowest BCUT2D eigenvalue weighted by atomic mass is 10.2. The molecule has 2 rings (SSSR count). The first kappa shape index (κ1) is 10.3. The summed E-state index contributed by atoms with van der Waals surface area (Å²) in [4.78, 5) is 2.27. The number of nitrogens with zero attached hydrogens (tertiary/aromatic N) is 1. The van der Waals surface area contributed by atoms with Crippen LogP contribution in [-0.4, -0.2) is 31.1 Å². The highest BCUT2D eigenvalue weighted by Gasteiger charge is 2.21. The number of benzene rings is 1. The number of nitrogens with two attached hydrogens (primary N) is 1. The average Bonchev–Trinajstić information content (AvgIpc) is 2.56. The van der Waals surface area contributed by atoms with Crippen molar-refractivity contribution in [2.45, 2.75) is 19.4 Å². The van der Waals surface area contributed by atoms with E-state index < -0.39 is 0 Å². The quantitative estimate of drug-likeness (QED) is 0.748. The van der Waals surface area contributed by atoms with Crippen molar-refractivity contribution >= 4 is 5.69 Å². The van der Waals surface area contributed by atoms with E-state index in [1.807, 2.05) is 25.1 Å². The van der Waals surface area contributed by atoms with Crippen LogP contribution in [0.2, 0.25) is 0 Å². The number of ether oxygens (including phenoxy) is 1. The molecule has 1 heterocycles. The van der Waals surface area contributed by atoms with E-state index in [1.165, 1.54) is 5.56 Å². The normalized spacial score (nSPS) is 21.9. The molecule has 15 heavy (non-hydrogen) atoms. The number of hydrogen-bond acceptors (Lipinski definition) is 3. The highest BCUT2D eigenvalue weighted by atomic mass is 16.5. The van der Waals surface area contributed by atoms with Crippen molar-refractivity contribution in [1.29, 1.82) is 0 Å². The summed E-state index contributed by atoms with van der Waals surface area (Å²) in [5.74, 6) is 0.820. The molecule has 1 aromatic rings. The Bertz CT molecular complexity index is 351. The van der Waals surface area contributed by atoms with E-state index in [-0.39, 0.29) is 0 Å². The molecule has 1 aliphatic heterocycles. The van der Waals surface area contributed by atoms with Crippen molar-refractivity contribution in [3.8, 4) is 5.75 Å². The van der Waals surface area contributed by atoms with Gasteiger partial charge in [0.05, 0.1) is 5.69 Å². The first-order valence-corrected chi connectivity index (χ1v) is 5.36. The van der Waals surface area contributed by atoms with Crippen LogP contribution in [0.25, 0.3) is 0 Å². The molecule has 3 heteroatoms.